The van der Waals surface area contributed by atoms with Crippen LogP contribution in [0.25, 0.3) is 0 Å². The first-order valence-corrected chi connectivity index (χ1v) is 7.49. The zero-order valence-corrected chi connectivity index (χ0v) is 11.5. The van der Waals surface area contributed by atoms with Crippen molar-refractivity contribution in [2.75, 3.05) is 5.75 Å². The Kier molecular flexibility index (Phi) is 3.95. The van der Waals surface area contributed by atoms with Crippen LogP contribution in [0.5, 0.6) is 11.5 Å². The second kappa shape index (κ2) is 5.53. The molecule has 0 aliphatic heterocycles. The van der Waals surface area contributed by atoms with Crippen molar-refractivity contribution in [2.24, 2.45) is 0 Å². The lowest BCUT2D eigenvalue weighted by molar-refractivity contribution is 0.101. The van der Waals surface area contributed by atoms with Crippen molar-refractivity contribution >= 4 is 15.6 Å². The van der Waals surface area contributed by atoms with E-state index in [0.29, 0.717) is 0 Å². The van der Waals surface area contributed by atoms with Gasteiger partial charge in [0.05, 0.1) is 5.56 Å². The monoisotopic (exact) mass is 310 g/mol. The zero-order chi connectivity index (χ0) is 15.6. The van der Waals surface area contributed by atoms with Crippen molar-refractivity contribution in [3.63, 3.8) is 0 Å². The van der Waals surface area contributed by atoms with E-state index in [4.69, 9.17) is 5.11 Å². The van der Waals surface area contributed by atoms with Gasteiger partial charge in [-0.2, -0.15) is 0 Å². The van der Waals surface area contributed by atoms with E-state index in [0.717, 1.165) is 30.3 Å². The number of aromatic hydroxyl groups is 2. The molecule has 2 aromatic carbocycles. The zero-order valence-electron chi connectivity index (χ0n) is 10.7. The topological polar surface area (TPSA) is 91.7 Å². The van der Waals surface area contributed by atoms with E-state index < -0.39 is 37.8 Å². The fraction of sp³-hybridized carbons (Fsp3) is 0.0714. The maximum atomic E-state index is 13.5. The number of halogens is 1. The number of carbonyl (C=O) groups is 1. The van der Waals surface area contributed by atoms with Crippen molar-refractivity contribution in [1.82, 2.24) is 0 Å². The summed E-state index contributed by atoms with van der Waals surface area (Å²) in [4.78, 5) is 11.4. The van der Waals surface area contributed by atoms with Crippen molar-refractivity contribution in [2.45, 2.75) is 4.90 Å². The third kappa shape index (κ3) is 3.19. The lowest BCUT2D eigenvalue weighted by Gasteiger charge is -2.06. The first-order valence-electron chi connectivity index (χ1n) is 5.84. The lowest BCUT2D eigenvalue weighted by Crippen LogP contribution is -2.17. The molecule has 0 atom stereocenters. The molecular weight excluding hydrogens is 299 g/mol. The van der Waals surface area contributed by atoms with Crippen LogP contribution in [0.1, 0.15) is 10.4 Å². The molecule has 0 saturated heterocycles. The Hall–Kier alpha value is -2.41. The van der Waals surface area contributed by atoms with Crippen molar-refractivity contribution < 1.29 is 27.8 Å². The van der Waals surface area contributed by atoms with Crippen LogP contribution < -0.4 is 0 Å². The molecule has 21 heavy (non-hydrogen) atoms. The highest BCUT2D eigenvalue weighted by Crippen LogP contribution is 2.24. The molecule has 2 aromatic rings. The van der Waals surface area contributed by atoms with Gasteiger partial charge in [0.2, 0.25) is 0 Å². The van der Waals surface area contributed by atoms with E-state index in [1.165, 1.54) is 12.1 Å². The van der Waals surface area contributed by atoms with E-state index in [1.54, 1.807) is 0 Å². The third-order valence-electron chi connectivity index (χ3n) is 2.77. The van der Waals surface area contributed by atoms with Gasteiger partial charge in [-0.3, -0.25) is 4.79 Å². The minimum Gasteiger partial charge on any atom is -0.508 e. The van der Waals surface area contributed by atoms with Gasteiger partial charge in [-0.05, 0) is 24.3 Å². The molecule has 0 fully saturated rings. The number of ketones is 1. The Balaban J connectivity index is 2.33. The SMILES string of the molecule is O=C(CS(=O)(=O)c1ccccc1F)c1ccc(O)cc1O. The average Bonchev–Trinajstić information content (AvgIpc) is 2.38. The summed E-state index contributed by atoms with van der Waals surface area (Å²) in [7, 11) is -4.16. The summed E-state index contributed by atoms with van der Waals surface area (Å²) in [5, 5.41) is 18.7. The van der Waals surface area contributed by atoms with Crippen molar-refractivity contribution in [3.05, 3.63) is 53.8 Å². The number of phenolic OH excluding ortho intramolecular Hbond substituents is 2. The molecule has 0 aliphatic carbocycles. The predicted molar refractivity (Wildman–Crippen MR) is 72.6 cm³/mol. The molecule has 7 heteroatoms. The van der Waals surface area contributed by atoms with E-state index in [-0.39, 0.29) is 11.3 Å². The van der Waals surface area contributed by atoms with Crippen LogP contribution in [0.3, 0.4) is 0 Å². The molecule has 0 amide bonds. The van der Waals surface area contributed by atoms with Crippen LogP contribution in [-0.2, 0) is 9.84 Å². The van der Waals surface area contributed by atoms with Gasteiger partial charge in [-0.25, -0.2) is 12.8 Å². The van der Waals surface area contributed by atoms with Crippen molar-refractivity contribution in [1.29, 1.82) is 0 Å². The van der Waals surface area contributed by atoms with Gasteiger partial charge in [-0.15, -0.1) is 0 Å². The number of hydrogen-bond donors (Lipinski definition) is 2. The largest absolute Gasteiger partial charge is 0.508 e. The molecule has 0 radical (unpaired) electrons. The summed E-state index contributed by atoms with van der Waals surface area (Å²) in [5.74, 6) is -3.62. The van der Waals surface area contributed by atoms with E-state index in [9.17, 15) is 22.7 Å². The minimum absolute atomic E-state index is 0.257. The predicted octanol–water partition coefficient (Wildman–Crippen LogP) is 1.89. The smallest absolute Gasteiger partial charge is 0.188 e. The highest BCUT2D eigenvalue weighted by Gasteiger charge is 2.24. The minimum atomic E-state index is -4.16. The van der Waals surface area contributed by atoms with Crippen LogP contribution in [0.2, 0.25) is 0 Å². The molecule has 2 rings (SSSR count). The summed E-state index contributed by atoms with van der Waals surface area (Å²) < 4.78 is 37.5. The van der Waals surface area contributed by atoms with Crippen LogP contribution in [0.4, 0.5) is 4.39 Å². The van der Waals surface area contributed by atoms with Gasteiger partial charge in [0.25, 0.3) is 0 Å². The molecule has 0 unspecified atom stereocenters. The van der Waals surface area contributed by atoms with Gasteiger partial charge >= 0.3 is 0 Å². The molecule has 0 heterocycles. The van der Waals surface area contributed by atoms with Gasteiger partial charge < -0.3 is 10.2 Å². The molecule has 2 N–H and O–H groups in total. The summed E-state index contributed by atoms with van der Waals surface area (Å²) in [6.07, 6.45) is 0. The van der Waals surface area contributed by atoms with E-state index in [1.807, 2.05) is 0 Å². The number of rotatable bonds is 4. The Labute approximate surface area is 120 Å². The first kappa shape index (κ1) is 15.0. The first-order chi connectivity index (χ1) is 9.81. The van der Waals surface area contributed by atoms with Gasteiger partial charge in [0.1, 0.15) is 28.0 Å². The summed E-state index contributed by atoms with van der Waals surface area (Å²) in [6.45, 7) is 0. The van der Waals surface area contributed by atoms with Gasteiger partial charge in [0, 0.05) is 6.07 Å². The summed E-state index contributed by atoms with van der Waals surface area (Å²) in [5.41, 5.74) is -0.257. The number of sulfone groups is 1. The van der Waals surface area contributed by atoms with Gasteiger partial charge in [0.15, 0.2) is 15.6 Å². The fourth-order valence-electron chi connectivity index (χ4n) is 1.78. The number of phenols is 2. The number of hydrogen-bond acceptors (Lipinski definition) is 5. The Morgan fingerprint density at radius 1 is 1.10 bits per heavy atom. The quantitative estimate of drug-likeness (QED) is 0.841. The van der Waals surface area contributed by atoms with Crippen molar-refractivity contribution in [3.8, 4) is 11.5 Å². The Morgan fingerprint density at radius 2 is 1.76 bits per heavy atom. The maximum absolute atomic E-state index is 13.5. The second-order valence-corrected chi connectivity index (χ2v) is 6.27. The molecule has 0 bridgehead atoms. The third-order valence-corrected chi connectivity index (χ3v) is 4.42. The standard InChI is InChI=1S/C14H11FO5S/c15-11-3-1-2-4-14(11)21(19,20)8-13(18)10-6-5-9(16)7-12(10)17/h1-7,16-17H,8H2. The summed E-state index contributed by atoms with van der Waals surface area (Å²) in [6, 6.07) is 7.89. The highest BCUT2D eigenvalue weighted by molar-refractivity contribution is 7.92. The second-order valence-electron chi connectivity index (χ2n) is 4.31. The molecule has 0 saturated carbocycles. The molecular formula is C14H11FO5S. The lowest BCUT2D eigenvalue weighted by atomic mass is 10.1. The van der Waals surface area contributed by atoms with Crippen LogP contribution >= 0.6 is 0 Å². The number of Topliss-reactive ketones (excluding diaryl/α,β-unsaturated/α-hetero) is 1. The average molecular weight is 310 g/mol. The van der Waals surface area contributed by atoms with Gasteiger partial charge in [-0.1, -0.05) is 12.1 Å². The maximum Gasteiger partial charge on any atom is 0.188 e. The van der Waals surface area contributed by atoms with E-state index >= 15 is 0 Å². The fourth-order valence-corrected chi connectivity index (χ4v) is 3.09. The molecule has 0 spiro atoms. The molecule has 0 aliphatic rings. The molecule has 0 aromatic heterocycles. The molecule has 5 nitrogen and oxygen atoms in total. The van der Waals surface area contributed by atoms with Crippen LogP contribution in [0, 0.1) is 5.82 Å². The number of benzene rings is 2. The molecule has 110 valence electrons. The van der Waals surface area contributed by atoms with Crippen LogP contribution in [-0.4, -0.2) is 30.2 Å². The summed E-state index contributed by atoms with van der Waals surface area (Å²) >= 11 is 0. The van der Waals surface area contributed by atoms with E-state index in [2.05, 4.69) is 0 Å². The Bertz CT molecular complexity index is 799. The number of carbonyl (C=O) groups excluding carboxylic acids is 1. The van der Waals surface area contributed by atoms with Crippen LogP contribution in [0.15, 0.2) is 47.4 Å². The Morgan fingerprint density at radius 3 is 2.38 bits per heavy atom. The normalized spacial score (nSPS) is 11.3. The highest BCUT2D eigenvalue weighted by atomic mass is 32.2.